The van der Waals surface area contributed by atoms with Crippen LogP contribution in [0.2, 0.25) is 0 Å². The number of imidazole rings is 1. The number of nitrogens with zero attached hydrogens (tertiary/aromatic N) is 3. The van der Waals surface area contributed by atoms with Gasteiger partial charge in [-0.1, -0.05) is 12.1 Å². The summed E-state index contributed by atoms with van der Waals surface area (Å²) in [5.74, 6) is 0.492. The molecule has 20 heavy (non-hydrogen) atoms. The highest BCUT2D eigenvalue weighted by Crippen LogP contribution is 2.28. The van der Waals surface area contributed by atoms with Gasteiger partial charge in [0.15, 0.2) is 5.75 Å². The van der Waals surface area contributed by atoms with E-state index >= 15 is 0 Å². The zero-order valence-corrected chi connectivity index (χ0v) is 11.0. The van der Waals surface area contributed by atoms with Gasteiger partial charge in [0.2, 0.25) is 6.33 Å². The molecule has 2 aromatic rings. The maximum atomic E-state index is 10.8. The first-order valence-corrected chi connectivity index (χ1v) is 6.38. The lowest BCUT2D eigenvalue weighted by molar-refractivity contribution is -0.390. The van der Waals surface area contributed by atoms with Gasteiger partial charge in [0.25, 0.3) is 0 Å². The summed E-state index contributed by atoms with van der Waals surface area (Å²) in [4.78, 5) is 24.0. The molecular formula is C12H10ClN3O4. The quantitative estimate of drug-likeness (QED) is 0.374. The highest BCUT2D eigenvalue weighted by molar-refractivity contribution is 6.17. The molecular weight excluding hydrogens is 286 g/mol. The Balaban J connectivity index is 1.89. The van der Waals surface area contributed by atoms with Crippen LogP contribution in [-0.4, -0.2) is 14.5 Å². The first kappa shape index (κ1) is 12.9. The van der Waals surface area contributed by atoms with Gasteiger partial charge in [-0.15, -0.1) is 11.6 Å². The molecule has 2 heterocycles. The molecule has 0 fully saturated rings. The molecule has 0 aliphatic carbocycles. The molecule has 0 saturated heterocycles. The Morgan fingerprint density at radius 3 is 3.10 bits per heavy atom. The molecule has 8 heteroatoms. The Morgan fingerprint density at radius 2 is 2.35 bits per heavy atom. The average Bonchev–Trinajstić information content (AvgIpc) is 3.04. The molecule has 7 nitrogen and oxygen atoms in total. The Hall–Kier alpha value is -2.12. The fourth-order valence-electron chi connectivity index (χ4n) is 2.07. The number of benzene rings is 1. The van der Waals surface area contributed by atoms with E-state index in [0.29, 0.717) is 24.6 Å². The van der Waals surface area contributed by atoms with Gasteiger partial charge in [-0.25, -0.2) is 0 Å². The van der Waals surface area contributed by atoms with Gasteiger partial charge in [0, 0.05) is 5.56 Å². The molecule has 0 amide bonds. The second kappa shape index (κ2) is 5.10. The van der Waals surface area contributed by atoms with E-state index in [-0.39, 0.29) is 11.7 Å². The molecule has 0 spiro atoms. The lowest BCUT2D eigenvalue weighted by Crippen LogP contribution is -2.03. The normalized spacial score (nSPS) is 13.1. The molecule has 3 rings (SSSR count). The van der Waals surface area contributed by atoms with Gasteiger partial charge in [0.05, 0.1) is 12.4 Å². The van der Waals surface area contributed by atoms with Crippen molar-refractivity contribution in [3.05, 3.63) is 51.5 Å². The molecule has 0 saturated carbocycles. The maximum Gasteiger partial charge on any atom is 0.386 e. The van der Waals surface area contributed by atoms with Gasteiger partial charge in [0.1, 0.15) is 12.3 Å². The van der Waals surface area contributed by atoms with E-state index in [1.54, 1.807) is 4.57 Å². The van der Waals surface area contributed by atoms with Crippen LogP contribution in [0.25, 0.3) is 0 Å². The van der Waals surface area contributed by atoms with Crippen LogP contribution >= 0.6 is 11.6 Å². The van der Waals surface area contributed by atoms with Crippen LogP contribution in [0.15, 0.2) is 24.5 Å². The summed E-state index contributed by atoms with van der Waals surface area (Å²) in [6.45, 7) is 0.860. The van der Waals surface area contributed by atoms with Gasteiger partial charge in [-0.05, 0) is 21.5 Å². The Kier molecular flexibility index (Phi) is 3.29. The third kappa shape index (κ3) is 2.21. The minimum Gasteiger partial charge on any atom is -0.358 e. The predicted octanol–water partition coefficient (Wildman–Crippen LogP) is 2.40. The number of nitro groups is 1. The van der Waals surface area contributed by atoms with E-state index in [9.17, 15) is 10.1 Å². The monoisotopic (exact) mass is 295 g/mol. The number of fused-ring (bicyclic) bond motifs is 1. The van der Waals surface area contributed by atoms with Crippen molar-refractivity contribution in [1.82, 2.24) is 9.55 Å². The van der Waals surface area contributed by atoms with Crippen molar-refractivity contribution in [3.63, 3.8) is 0 Å². The largest absolute Gasteiger partial charge is 0.386 e. The molecule has 1 aliphatic rings. The second-order valence-electron chi connectivity index (χ2n) is 4.32. The van der Waals surface area contributed by atoms with Crippen molar-refractivity contribution < 1.29 is 14.7 Å². The summed E-state index contributed by atoms with van der Waals surface area (Å²) in [5.41, 5.74) is 2.28. The van der Waals surface area contributed by atoms with E-state index in [4.69, 9.17) is 21.4 Å². The molecule has 1 aromatic carbocycles. The number of rotatable bonds is 4. The molecule has 1 aromatic heterocycles. The summed E-state index contributed by atoms with van der Waals surface area (Å²) in [6.07, 6.45) is 1.42. The zero-order chi connectivity index (χ0) is 14.1. The van der Waals surface area contributed by atoms with E-state index < -0.39 is 4.92 Å². The van der Waals surface area contributed by atoms with Crippen molar-refractivity contribution in [3.8, 4) is 5.75 Å². The van der Waals surface area contributed by atoms with Crippen LogP contribution in [0.4, 0.5) is 5.82 Å². The standard InChI is InChI=1S/C12H10ClN3O4/c13-4-10-12(16(17)18)14-7-15(10)5-8-1-2-9-6-19-20-11(9)3-8/h1-3,7H,4-6H2. The van der Waals surface area contributed by atoms with E-state index in [1.165, 1.54) is 6.33 Å². The predicted molar refractivity (Wildman–Crippen MR) is 69.4 cm³/mol. The fourth-order valence-corrected chi connectivity index (χ4v) is 2.34. The maximum absolute atomic E-state index is 10.8. The molecule has 0 N–H and O–H groups in total. The Morgan fingerprint density at radius 1 is 1.50 bits per heavy atom. The summed E-state index contributed by atoms with van der Waals surface area (Å²) < 4.78 is 1.66. The first-order valence-electron chi connectivity index (χ1n) is 5.84. The molecule has 0 bridgehead atoms. The van der Waals surface area contributed by atoms with Gasteiger partial charge < -0.3 is 19.6 Å². The van der Waals surface area contributed by atoms with Crippen LogP contribution in [0.3, 0.4) is 0 Å². The third-order valence-corrected chi connectivity index (χ3v) is 3.32. The first-order chi connectivity index (χ1) is 9.69. The topological polar surface area (TPSA) is 79.4 Å². The Bertz CT molecular complexity index is 671. The molecule has 1 aliphatic heterocycles. The zero-order valence-electron chi connectivity index (χ0n) is 10.3. The van der Waals surface area contributed by atoms with Crippen LogP contribution in [-0.2, 0) is 23.9 Å². The van der Waals surface area contributed by atoms with Crippen molar-refractivity contribution in [2.75, 3.05) is 0 Å². The van der Waals surface area contributed by atoms with Crippen molar-refractivity contribution >= 4 is 17.4 Å². The van der Waals surface area contributed by atoms with E-state index in [0.717, 1.165) is 11.1 Å². The van der Waals surface area contributed by atoms with Crippen molar-refractivity contribution in [2.24, 2.45) is 0 Å². The lowest BCUT2D eigenvalue weighted by atomic mass is 10.1. The van der Waals surface area contributed by atoms with Gasteiger partial charge >= 0.3 is 5.82 Å². The fraction of sp³-hybridized carbons (Fsp3) is 0.250. The molecule has 0 unspecified atom stereocenters. The number of alkyl halides is 1. The van der Waals surface area contributed by atoms with Crippen LogP contribution in [0, 0.1) is 10.1 Å². The second-order valence-corrected chi connectivity index (χ2v) is 4.59. The van der Waals surface area contributed by atoms with Crippen LogP contribution in [0.5, 0.6) is 5.75 Å². The van der Waals surface area contributed by atoms with E-state index in [1.807, 2.05) is 18.2 Å². The highest BCUT2D eigenvalue weighted by atomic mass is 35.5. The molecule has 0 radical (unpaired) electrons. The van der Waals surface area contributed by atoms with Crippen LogP contribution < -0.4 is 4.89 Å². The summed E-state index contributed by atoms with van der Waals surface area (Å²) in [5, 5.41) is 10.8. The Labute approximate surface area is 118 Å². The van der Waals surface area contributed by atoms with Gasteiger partial charge in [-0.2, -0.15) is 4.89 Å². The summed E-state index contributed by atoms with van der Waals surface area (Å²) in [6, 6.07) is 5.66. The van der Waals surface area contributed by atoms with E-state index in [2.05, 4.69) is 4.98 Å². The summed E-state index contributed by atoms with van der Waals surface area (Å²) >= 11 is 5.77. The average molecular weight is 296 g/mol. The van der Waals surface area contributed by atoms with Crippen molar-refractivity contribution in [1.29, 1.82) is 0 Å². The number of aromatic nitrogens is 2. The third-order valence-electron chi connectivity index (χ3n) is 3.07. The van der Waals surface area contributed by atoms with Gasteiger partial charge in [-0.3, -0.25) is 0 Å². The highest BCUT2D eigenvalue weighted by Gasteiger charge is 2.21. The minimum atomic E-state index is -0.534. The number of halogens is 1. The van der Waals surface area contributed by atoms with Crippen LogP contribution in [0.1, 0.15) is 16.8 Å². The number of hydrogen-bond donors (Lipinski definition) is 0. The minimum absolute atomic E-state index is 0.0286. The lowest BCUT2D eigenvalue weighted by Gasteiger charge is -2.06. The molecule has 0 atom stereocenters. The number of hydrogen-bond acceptors (Lipinski definition) is 5. The van der Waals surface area contributed by atoms with Crippen molar-refractivity contribution in [2.45, 2.75) is 19.0 Å². The SMILES string of the molecule is O=[N+]([O-])c1ncn(Cc2ccc3c(c2)OOC3)c1CCl. The smallest absolute Gasteiger partial charge is 0.358 e. The summed E-state index contributed by atoms with van der Waals surface area (Å²) in [7, 11) is 0. The molecule has 104 valence electrons.